The van der Waals surface area contributed by atoms with Crippen molar-refractivity contribution in [2.75, 3.05) is 38.2 Å². The van der Waals surface area contributed by atoms with Crippen LogP contribution in [0.4, 0.5) is 5.82 Å². The molecule has 1 fully saturated rings. The van der Waals surface area contributed by atoms with Gasteiger partial charge in [-0.25, -0.2) is 4.68 Å². The summed E-state index contributed by atoms with van der Waals surface area (Å²) in [6.45, 7) is 4.75. The first-order valence-electron chi connectivity index (χ1n) is 10.7. The van der Waals surface area contributed by atoms with Gasteiger partial charge in [-0.3, -0.25) is 9.78 Å². The predicted octanol–water partition coefficient (Wildman–Crippen LogP) is 2.43. The monoisotopic (exact) mass is 418 g/mol. The zero-order chi connectivity index (χ0) is 21.4. The molecule has 1 aromatic carbocycles. The highest BCUT2D eigenvalue weighted by Crippen LogP contribution is 2.30. The number of para-hydroxylation sites is 1. The van der Waals surface area contributed by atoms with Crippen molar-refractivity contribution in [1.82, 2.24) is 24.6 Å². The van der Waals surface area contributed by atoms with Crippen LogP contribution in [0.2, 0.25) is 0 Å². The number of methoxy groups -OCH3 is 1. The Balaban J connectivity index is 1.36. The number of anilines is 1. The van der Waals surface area contributed by atoms with E-state index in [1.165, 1.54) is 5.69 Å². The Morgan fingerprint density at radius 2 is 1.87 bits per heavy atom. The lowest BCUT2D eigenvalue weighted by Gasteiger charge is -2.35. The fourth-order valence-corrected chi connectivity index (χ4v) is 4.49. The van der Waals surface area contributed by atoms with Gasteiger partial charge >= 0.3 is 0 Å². The van der Waals surface area contributed by atoms with Crippen molar-refractivity contribution in [3.63, 3.8) is 0 Å². The lowest BCUT2D eigenvalue weighted by molar-refractivity contribution is 0.0739. The molecule has 1 aliphatic carbocycles. The van der Waals surface area contributed by atoms with E-state index in [9.17, 15) is 4.79 Å². The topological polar surface area (TPSA) is 76.4 Å². The molecule has 3 heterocycles. The van der Waals surface area contributed by atoms with E-state index in [4.69, 9.17) is 9.84 Å². The normalized spacial score (nSPS) is 15.8. The van der Waals surface area contributed by atoms with Gasteiger partial charge < -0.3 is 14.5 Å². The van der Waals surface area contributed by atoms with Gasteiger partial charge in [0, 0.05) is 37.4 Å². The number of amides is 1. The summed E-state index contributed by atoms with van der Waals surface area (Å²) in [6, 6.07) is 8.21. The molecule has 0 spiro atoms. The minimum atomic E-state index is 0.0295. The number of piperazine rings is 1. The summed E-state index contributed by atoms with van der Waals surface area (Å²) in [5.41, 5.74) is 5.13. The van der Waals surface area contributed by atoms with E-state index in [0.717, 1.165) is 41.9 Å². The second-order valence-electron chi connectivity index (χ2n) is 8.02. The molecule has 0 bridgehead atoms. The highest BCUT2D eigenvalue weighted by atomic mass is 16.5. The van der Waals surface area contributed by atoms with Crippen LogP contribution in [0.3, 0.4) is 0 Å². The summed E-state index contributed by atoms with van der Waals surface area (Å²) in [7, 11) is 1.58. The van der Waals surface area contributed by atoms with Gasteiger partial charge in [0.1, 0.15) is 0 Å². The molecule has 2 aliphatic rings. The van der Waals surface area contributed by atoms with E-state index >= 15 is 0 Å². The average Bonchev–Trinajstić information content (AvgIpc) is 3.42. The van der Waals surface area contributed by atoms with Crippen LogP contribution in [0.1, 0.15) is 33.7 Å². The number of hydrogen-bond acceptors (Lipinski definition) is 6. The molecule has 3 aromatic rings. The van der Waals surface area contributed by atoms with Crippen LogP contribution in [0, 0.1) is 6.92 Å². The van der Waals surface area contributed by atoms with Crippen LogP contribution >= 0.6 is 0 Å². The van der Waals surface area contributed by atoms with E-state index < -0.39 is 0 Å². The summed E-state index contributed by atoms with van der Waals surface area (Å²) in [6.07, 6.45) is 6.28. The fraction of sp³-hybridized carbons (Fsp3) is 0.391. The van der Waals surface area contributed by atoms with Crippen LogP contribution in [-0.2, 0) is 12.8 Å². The number of carbonyl (C=O) groups excluding carboxylic acids is 1. The second kappa shape index (κ2) is 8.02. The number of nitrogens with zero attached hydrogens (tertiary/aromatic N) is 6. The van der Waals surface area contributed by atoms with E-state index in [1.807, 2.05) is 21.7 Å². The Labute approximate surface area is 181 Å². The van der Waals surface area contributed by atoms with Crippen molar-refractivity contribution in [2.45, 2.75) is 26.2 Å². The minimum absolute atomic E-state index is 0.0295. The molecule has 160 valence electrons. The van der Waals surface area contributed by atoms with Crippen molar-refractivity contribution in [3.8, 4) is 11.6 Å². The molecule has 0 unspecified atom stereocenters. The molecular formula is C23H26N6O2. The Morgan fingerprint density at radius 3 is 2.65 bits per heavy atom. The number of aryl methyl sites for hydroxylation is 1. The smallest absolute Gasteiger partial charge is 0.274 e. The van der Waals surface area contributed by atoms with Gasteiger partial charge in [-0.15, -0.1) is 0 Å². The SMILES string of the molecule is COc1cncc(N2CCN(C(=O)c3nn(-c4ccccc4C)c4c3CCC4)CC2)n1. The standard InChI is InChI=1S/C23H26N6O2/c1-16-6-3-4-8-18(16)29-19-9-5-7-17(19)22(26-29)23(30)28-12-10-27(11-13-28)20-14-24-15-21(25-20)31-2/h3-4,6,8,14-15H,5,7,9-13H2,1-2H3. The van der Waals surface area contributed by atoms with Crippen LogP contribution in [0.15, 0.2) is 36.7 Å². The zero-order valence-electron chi connectivity index (χ0n) is 17.9. The average molecular weight is 419 g/mol. The molecule has 8 nitrogen and oxygen atoms in total. The van der Waals surface area contributed by atoms with Crippen molar-refractivity contribution < 1.29 is 9.53 Å². The molecule has 0 atom stereocenters. The predicted molar refractivity (Wildman–Crippen MR) is 117 cm³/mol. The molecule has 1 amide bonds. The van der Waals surface area contributed by atoms with Gasteiger partial charge in [0.05, 0.1) is 25.2 Å². The van der Waals surface area contributed by atoms with Gasteiger partial charge in [0.2, 0.25) is 5.88 Å². The third-order valence-electron chi connectivity index (χ3n) is 6.18. The van der Waals surface area contributed by atoms with E-state index in [1.54, 1.807) is 19.5 Å². The van der Waals surface area contributed by atoms with Gasteiger partial charge in [-0.1, -0.05) is 18.2 Å². The second-order valence-corrected chi connectivity index (χ2v) is 8.02. The Hall–Kier alpha value is -3.42. The van der Waals surface area contributed by atoms with Crippen LogP contribution < -0.4 is 9.64 Å². The summed E-state index contributed by atoms with van der Waals surface area (Å²) >= 11 is 0. The highest BCUT2D eigenvalue weighted by Gasteiger charge is 2.31. The van der Waals surface area contributed by atoms with E-state index in [-0.39, 0.29) is 5.91 Å². The number of benzene rings is 1. The lowest BCUT2D eigenvalue weighted by atomic mass is 10.1. The molecule has 0 radical (unpaired) electrons. The van der Waals surface area contributed by atoms with Crippen molar-refractivity contribution in [2.24, 2.45) is 0 Å². The van der Waals surface area contributed by atoms with Gasteiger partial charge in [-0.05, 0) is 37.8 Å². The Morgan fingerprint density at radius 1 is 1.06 bits per heavy atom. The van der Waals surface area contributed by atoms with Crippen molar-refractivity contribution >= 4 is 11.7 Å². The Kier molecular flexibility index (Phi) is 5.05. The maximum absolute atomic E-state index is 13.4. The van der Waals surface area contributed by atoms with Crippen LogP contribution in [0.5, 0.6) is 5.88 Å². The molecular weight excluding hydrogens is 392 g/mol. The number of carbonyl (C=O) groups is 1. The van der Waals surface area contributed by atoms with Gasteiger partial charge in [-0.2, -0.15) is 10.1 Å². The van der Waals surface area contributed by atoms with Crippen molar-refractivity contribution in [1.29, 1.82) is 0 Å². The first-order valence-corrected chi connectivity index (χ1v) is 10.7. The van der Waals surface area contributed by atoms with Crippen LogP contribution in [-0.4, -0.2) is 63.8 Å². The lowest BCUT2D eigenvalue weighted by Crippen LogP contribution is -2.49. The number of hydrogen-bond donors (Lipinski definition) is 0. The first kappa shape index (κ1) is 19.5. The van der Waals surface area contributed by atoms with Gasteiger partial charge in [0.15, 0.2) is 11.5 Å². The van der Waals surface area contributed by atoms with Crippen LogP contribution in [0.25, 0.3) is 5.69 Å². The number of rotatable bonds is 4. The number of fused-ring (bicyclic) bond motifs is 1. The Bertz CT molecular complexity index is 1120. The molecule has 1 aliphatic heterocycles. The minimum Gasteiger partial charge on any atom is -0.480 e. The van der Waals surface area contributed by atoms with E-state index in [0.29, 0.717) is 37.8 Å². The van der Waals surface area contributed by atoms with Gasteiger partial charge in [0.25, 0.3) is 5.91 Å². The summed E-state index contributed by atoms with van der Waals surface area (Å²) < 4.78 is 7.17. The molecule has 5 rings (SSSR count). The maximum Gasteiger partial charge on any atom is 0.274 e. The maximum atomic E-state index is 13.4. The highest BCUT2D eigenvalue weighted by molar-refractivity contribution is 5.94. The van der Waals surface area contributed by atoms with E-state index in [2.05, 4.69) is 33.9 Å². The number of aromatic nitrogens is 4. The molecule has 1 saturated heterocycles. The molecule has 0 saturated carbocycles. The third-order valence-corrected chi connectivity index (χ3v) is 6.18. The summed E-state index contributed by atoms with van der Waals surface area (Å²) in [5.74, 6) is 1.30. The summed E-state index contributed by atoms with van der Waals surface area (Å²) in [5, 5.41) is 4.81. The zero-order valence-corrected chi connectivity index (χ0v) is 17.9. The fourth-order valence-electron chi connectivity index (χ4n) is 4.49. The quantitative estimate of drug-likeness (QED) is 0.648. The molecule has 0 N–H and O–H groups in total. The largest absolute Gasteiger partial charge is 0.480 e. The molecule has 2 aromatic heterocycles. The molecule has 31 heavy (non-hydrogen) atoms. The first-order chi connectivity index (χ1) is 15.2. The third kappa shape index (κ3) is 3.52. The summed E-state index contributed by atoms with van der Waals surface area (Å²) in [4.78, 5) is 26.1. The number of ether oxygens (including phenoxy) is 1. The van der Waals surface area contributed by atoms with Crippen molar-refractivity contribution in [3.05, 3.63) is 59.2 Å². The molecule has 8 heteroatoms.